The summed E-state index contributed by atoms with van der Waals surface area (Å²) in [6.45, 7) is 4.05. The highest BCUT2D eigenvalue weighted by Crippen LogP contribution is 2.23. The van der Waals surface area contributed by atoms with Crippen LogP contribution in [0.4, 0.5) is 0 Å². The maximum Gasteiger partial charge on any atom is 0.248 e. The van der Waals surface area contributed by atoms with Crippen LogP contribution in [-0.2, 0) is 73.6 Å². The predicted molar refractivity (Wildman–Crippen MR) is 320 cm³/mol. The van der Waals surface area contributed by atoms with Crippen molar-refractivity contribution >= 4 is 80.9 Å². The maximum absolute atomic E-state index is 15.0. The fourth-order valence-corrected chi connectivity index (χ4v) is 11.0. The van der Waals surface area contributed by atoms with Crippen LogP contribution in [0.25, 0.3) is 21.8 Å². The number of amides is 10. The monoisotopic (exact) mass is 1210 g/mol. The molecule has 6 aromatic rings. The minimum atomic E-state index is -1.78. The van der Waals surface area contributed by atoms with Crippen LogP contribution in [0.3, 0.4) is 0 Å². The molecular weight excluding hydrogens is 1140 g/mol. The van der Waals surface area contributed by atoms with Gasteiger partial charge in [0.15, 0.2) is 0 Å². The van der Waals surface area contributed by atoms with Crippen LogP contribution in [-0.4, -0.2) is 180 Å². The molecule has 2 fully saturated rings. The van der Waals surface area contributed by atoms with Crippen LogP contribution in [0.1, 0.15) is 75.3 Å². The SMILES string of the molecule is CCNC(=O)C1CCCN1C(=O)C(CO)NC(=O)C(CC(C)C)NC(=O)C(Cc1c[nH]c2ccccc12)NC(=O)C(Cc1ccc(O)cc1)NC(=O)C(CO)NC(=O)C(Cc1c[nH]c2ccccc12)NC(=O)C(Cc1cnc[nH]1)NC(=O)C1CCC(=O)N1. The van der Waals surface area contributed by atoms with Gasteiger partial charge in [0, 0.05) is 91.3 Å². The second kappa shape index (κ2) is 30.1. The number of hydrogen-bond donors (Lipinski definition) is 15. The van der Waals surface area contributed by atoms with E-state index in [0.29, 0.717) is 63.6 Å². The molecule has 9 unspecified atom stereocenters. The molecule has 3 aromatic heterocycles. The van der Waals surface area contributed by atoms with Crippen LogP contribution >= 0.6 is 0 Å². The number of phenolic OH excluding ortho intramolecular Hbond substituents is 1. The number of para-hydroxylation sites is 2. The van der Waals surface area contributed by atoms with E-state index >= 15 is 0 Å². The van der Waals surface area contributed by atoms with Gasteiger partial charge in [-0.15, -0.1) is 0 Å². The third kappa shape index (κ3) is 16.7. The third-order valence-electron chi connectivity index (χ3n) is 15.5. The minimum Gasteiger partial charge on any atom is -0.508 e. The number of carbonyl (C=O) groups excluding carboxylic acids is 10. The van der Waals surface area contributed by atoms with Gasteiger partial charge in [0.1, 0.15) is 60.1 Å². The zero-order chi connectivity index (χ0) is 63.0. The molecule has 15 N–H and O–H groups in total. The number of imidazole rings is 1. The standard InChI is InChI=1S/C61H76N14O13/c1-4-63-60(87)51-14-9-21-75(51)61(88)50(31-77)74-54(81)44(22-33(2)3)68-56(83)46(24-35-27-64-41-12-7-5-10-39(35)41)70-55(82)45(23-34-15-17-38(78)18-16-34)69-59(86)49(30-76)73-57(84)47(25-36-28-65-42-13-8-6-11-40(36)42)71-58(85)48(26-37-29-62-32-66-37)72-53(80)43-19-20-52(79)67-43/h5-8,10-13,15-18,27-29,32-33,43-51,64-65,76-78H,4,9,14,19-26,30-31H2,1-3H3,(H,62,66)(H,63,87)(H,67,79)(H,68,83)(H,69,86)(H,70,82)(H,71,85)(H,72,80)(H,73,84)(H,74,81). The molecule has 0 radical (unpaired) electrons. The lowest BCUT2D eigenvalue weighted by Gasteiger charge is -2.30. The first-order chi connectivity index (χ1) is 42.3. The van der Waals surface area contributed by atoms with E-state index in [2.05, 4.69) is 67.8 Å². The van der Waals surface area contributed by atoms with E-state index in [1.54, 1.807) is 69.6 Å². The van der Waals surface area contributed by atoms with Gasteiger partial charge in [-0.25, -0.2) is 4.98 Å². The first kappa shape index (κ1) is 64.4. The average Bonchev–Trinajstić information content (AvgIpc) is 4.29. The Morgan fingerprint density at radius 3 is 1.64 bits per heavy atom. The number of carbonyl (C=O) groups is 10. The van der Waals surface area contributed by atoms with E-state index in [0.717, 1.165) is 0 Å². The van der Waals surface area contributed by atoms with Crippen molar-refractivity contribution < 1.29 is 63.3 Å². The van der Waals surface area contributed by atoms with E-state index in [1.807, 2.05) is 12.1 Å². The summed E-state index contributed by atoms with van der Waals surface area (Å²) in [4.78, 5) is 154. The Morgan fingerprint density at radius 2 is 1.11 bits per heavy atom. The number of H-pyrrole nitrogens is 3. The summed E-state index contributed by atoms with van der Waals surface area (Å²) in [7, 11) is 0. The second-order valence-electron chi connectivity index (χ2n) is 22.4. The van der Waals surface area contributed by atoms with E-state index in [9.17, 15) is 63.3 Å². The molecule has 2 aliphatic heterocycles. The van der Waals surface area contributed by atoms with Gasteiger partial charge in [-0.3, -0.25) is 47.9 Å². The van der Waals surface area contributed by atoms with Gasteiger partial charge in [0.25, 0.3) is 0 Å². The number of benzene rings is 3. The van der Waals surface area contributed by atoms with E-state index in [1.165, 1.54) is 41.7 Å². The number of hydrogen-bond acceptors (Lipinski definition) is 14. The molecule has 0 bridgehead atoms. The molecule has 0 aliphatic carbocycles. The van der Waals surface area contributed by atoms with Gasteiger partial charge < -0.3 is 83.0 Å². The highest BCUT2D eigenvalue weighted by Gasteiger charge is 2.40. The number of aromatic hydroxyl groups is 1. The van der Waals surface area contributed by atoms with Crippen molar-refractivity contribution in [2.75, 3.05) is 26.3 Å². The number of aliphatic hydroxyl groups is 2. The number of aliphatic hydroxyl groups excluding tert-OH is 2. The molecule has 0 saturated carbocycles. The van der Waals surface area contributed by atoms with Gasteiger partial charge in [0.2, 0.25) is 59.1 Å². The van der Waals surface area contributed by atoms with Crippen LogP contribution in [0.2, 0.25) is 0 Å². The van der Waals surface area contributed by atoms with Crippen molar-refractivity contribution in [3.63, 3.8) is 0 Å². The number of nitrogens with one attached hydrogen (secondary N) is 12. The molecule has 5 heterocycles. The molecule has 0 spiro atoms. The summed E-state index contributed by atoms with van der Waals surface area (Å²) in [6.07, 6.45) is 6.65. The predicted octanol–water partition coefficient (Wildman–Crippen LogP) is -0.821. The molecular formula is C61H76N14O13. The number of likely N-dealkylation sites (tertiary alicyclic amines) is 1. The van der Waals surface area contributed by atoms with Gasteiger partial charge >= 0.3 is 0 Å². The van der Waals surface area contributed by atoms with Crippen LogP contribution < -0.4 is 47.9 Å². The van der Waals surface area contributed by atoms with Gasteiger partial charge in [-0.2, -0.15) is 0 Å². The number of aromatic amines is 3. The van der Waals surface area contributed by atoms with Gasteiger partial charge in [-0.1, -0.05) is 62.4 Å². The number of aromatic nitrogens is 4. The van der Waals surface area contributed by atoms with Crippen molar-refractivity contribution in [3.8, 4) is 5.75 Å². The molecule has 3 aromatic carbocycles. The molecule has 468 valence electrons. The summed E-state index contributed by atoms with van der Waals surface area (Å²) >= 11 is 0. The molecule has 2 saturated heterocycles. The maximum atomic E-state index is 15.0. The third-order valence-corrected chi connectivity index (χ3v) is 15.5. The summed E-state index contributed by atoms with van der Waals surface area (Å²) < 4.78 is 0. The highest BCUT2D eigenvalue weighted by atomic mass is 16.3. The Kier molecular flexibility index (Phi) is 22.0. The minimum absolute atomic E-state index is 0.0344. The van der Waals surface area contributed by atoms with Crippen LogP contribution in [0, 0.1) is 5.92 Å². The average molecular weight is 1210 g/mol. The Hall–Kier alpha value is -9.63. The Balaban J connectivity index is 1.04. The van der Waals surface area contributed by atoms with Crippen LogP contribution in [0.5, 0.6) is 5.75 Å². The second-order valence-corrected chi connectivity index (χ2v) is 22.4. The summed E-state index contributed by atoms with van der Waals surface area (Å²) in [5.41, 5.74) is 3.45. The largest absolute Gasteiger partial charge is 0.508 e. The van der Waals surface area contributed by atoms with Crippen molar-refractivity contribution in [2.24, 2.45) is 5.92 Å². The summed E-state index contributed by atoms with van der Waals surface area (Å²) in [6, 6.07) is 7.96. The van der Waals surface area contributed by atoms with E-state index in [-0.39, 0.29) is 75.0 Å². The molecule has 27 nitrogen and oxygen atoms in total. The van der Waals surface area contributed by atoms with Gasteiger partial charge in [0.05, 0.1) is 19.5 Å². The number of phenols is 1. The fraction of sp³-hybridized carbons (Fsp3) is 0.426. The Morgan fingerprint density at radius 1 is 0.602 bits per heavy atom. The number of rotatable bonds is 29. The summed E-state index contributed by atoms with van der Waals surface area (Å²) in [5, 5.41) is 56.8. The summed E-state index contributed by atoms with van der Waals surface area (Å²) in [5.74, 6) is -7.79. The lowest BCUT2D eigenvalue weighted by molar-refractivity contribution is -0.142. The smallest absolute Gasteiger partial charge is 0.248 e. The topological polar surface area (TPSA) is 403 Å². The molecule has 8 rings (SSSR count). The van der Waals surface area contributed by atoms with Gasteiger partial charge in [-0.05, 0) is 79.5 Å². The van der Waals surface area contributed by atoms with E-state index < -0.39 is 115 Å². The molecule has 9 atom stereocenters. The first-order valence-electron chi connectivity index (χ1n) is 29.4. The lowest BCUT2D eigenvalue weighted by Crippen LogP contribution is -2.62. The lowest BCUT2D eigenvalue weighted by atomic mass is 9.99. The van der Waals surface area contributed by atoms with Crippen molar-refractivity contribution in [1.29, 1.82) is 0 Å². The highest BCUT2D eigenvalue weighted by molar-refractivity contribution is 6.00. The van der Waals surface area contributed by atoms with Crippen molar-refractivity contribution in [3.05, 3.63) is 120 Å². The molecule has 10 amide bonds. The Bertz CT molecular complexity index is 3460. The zero-order valence-corrected chi connectivity index (χ0v) is 49.0. The van der Waals surface area contributed by atoms with Crippen molar-refractivity contribution in [2.45, 2.75) is 133 Å². The number of fused-ring (bicyclic) bond motifs is 2. The number of nitrogens with zero attached hydrogens (tertiary/aromatic N) is 2. The molecule has 88 heavy (non-hydrogen) atoms. The Labute approximate surface area is 506 Å². The quantitative estimate of drug-likeness (QED) is 0.0273. The van der Waals surface area contributed by atoms with Crippen LogP contribution in [0.15, 0.2) is 97.7 Å². The van der Waals surface area contributed by atoms with Crippen molar-refractivity contribution in [1.82, 2.24) is 72.7 Å². The number of likely N-dealkylation sites (N-methyl/N-ethyl adjacent to an activating group) is 1. The normalized spacial score (nSPS) is 17.2. The molecule has 2 aliphatic rings. The first-order valence-corrected chi connectivity index (χ1v) is 29.4. The van der Waals surface area contributed by atoms with E-state index in [4.69, 9.17) is 0 Å². The fourth-order valence-electron chi connectivity index (χ4n) is 11.0. The zero-order valence-electron chi connectivity index (χ0n) is 49.0. The molecule has 27 heteroatoms.